The highest BCUT2D eigenvalue weighted by atomic mass is 79.9. The molecule has 0 radical (unpaired) electrons. The van der Waals surface area contributed by atoms with E-state index in [1.165, 1.54) is 6.42 Å². The van der Waals surface area contributed by atoms with Gasteiger partial charge < -0.3 is 10.4 Å². The maximum Gasteiger partial charge on any atom is 0.0992 e. The van der Waals surface area contributed by atoms with Crippen LogP contribution in [0.3, 0.4) is 0 Å². The van der Waals surface area contributed by atoms with Gasteiger partial charge >= 0.3 is 0 Å². The number of hydrogen-bond acceptors (Lipinski definition) is 3. The summed E-state index contributed by atoms with van der Waals surface area (Å²) >= 11 is 3.38. The van der Waals surface area contributed by atoms with Gasteiger partial charge in [-0.3, -0.25) is 0 Å². The van der Waals surface area contributed by atoms with Gasteiger partial charge in [-0.15, -0.1) is 0 Å². The molecule has 1 fully saturated rings. The summed E-state index contributed by atoms with van der Waals surface area (Å²) in [5.41, 5.74) is 0.898. The van der Waals surface area contributed by atoms with Gasteiger partial charge in [0.15, 0.2) is 0 Å². The van der Waals surface area contributed by atoms with Crippen molar-refractivity contribution in [1.82, 2.24) is 0 Å². The summed E-state index contributed by atoms with van der Waals surface area (Å²) in [6, 6.07) is 7.63. The molecule has 4 heteroatoms. The number of anilines is 1. The topological polar surface area (TPSA) is 56.0 Å². The first-order valence-electron chi connectivity index (χ1n) is 6.28. The van der Waals surface area contributed by atoms with E-state index in [-0.39, 0.29) is 0 Å². The van der Waals surface area contributed by atoms with Crippen LogP contribution in [-0.2, 0) is 0 Å². The number of nitrogens with zero attached hydrogens (tertiary/aromatic N) is 1. The summed E-state index contributed by atoms with van der Waals surface area (Å²) < 4.78 is 0.875. The molecule has 0 aliphatic heterocycles. The minimum Gasteiger partial charge on any atom is -0.388 e. The van der Waals surface area contributed by atoms with E-state index in [0.717, 1.165) is 35.8 Å². The second-order valence-electron chi connectivity index (χ2n) is 4.98. The molecule has 0 spiro atoms. The maximum atomic E-state index is 10.4. The number of rotatable bonds is 3. The van der Waals surface area contributed by atoms with Gasteiger partial charge in [-0.05, 0) is 31.0 Å². The number of halogens is 1. The Labute approximate surface area is 116 Å². The van der Waals surface area contributed by atoms with Crippen LogP contribution < -0.4 is 5.32 Å². The molecule has 3 nitrogen and oxygen atoms in total. The SMILES string of the molecule is N#Cc1cc(Br)cc(NCC2(O)CCCCC2)c1. The third-order valence-electron chi connectivity index (χ3n) is 3.43. The molecule has 0 saturated heterocycles. The van der Waals surface area contributed by atoms with Crippen LogP contribution in [0.1, 0.15) is 37.7 Å². The molecule has 2 N–H and O–H groups in total. The molecule has 18 heavy (non-hydrogen) atoms. The average Bonchev–Trinajstić information content (AvgIpc) is 2.37. The van der Waals surface area contributed by atoms with Crippen molar-refractivity contribution in [2.24, 2.45) is 0 Å². The summed E-state index contributed by atoms with van der Waals surface area (Å²) in [6.07, 6.45) is 5.14. The smallest absolute Gasteiger partial charge is 0.0992 e. The zero-order chi connectivity index (χ0) is 13.0. The molecule has 1 aliphatic rings. The zero-order valence-electron chi connectivity index (χ0n) is 10.2. The summed E-state index contributed by atoms with van der Waals surface area (Å²) in [5.74, 6) is 0. The van der Waals surface area contributed by atoms with Crippen molar-refractivity contribution in [3.05, 3.63) is 28.2 Å². The van der Waals surface area contributed by atoms with Gasteiger partial charge in [0.1, 0.15) is 0 Å². The number of hydrogen-bond donors (Lipinski definition) is 2. The van der Waals surface area contributed by atoms with Gasteiger partial charge in [-0.1, -0.05) is 35.2 Å². The highest BCUT2D eigenvalue weighted by molar-refractivity contribution is 9.10. The molecule has 2 rings (SSSR count). The van der Waals surface area contributed by atoms with Crippen molar-refractivity contribution in [2.45, 2.75) is 37.7 Å². The van der Waals surface area contributed by atoms with Gasteiger partial charge in [0.05, 0.1) is 17.2 Å². The first-order chi connectivity index (χ1) is 8.61. The Morgan fingerprint density at radius 2 is 2.00 bits per heavy atom. The largest absolute Gasteiger partial charge is 0.388 e. The lowest BCUT2D eigenvalue weighted by molar-refractivity contribution is 0.0167. The number of nitrogens with one attached hydrogen (secondary N) is 1. The van der Waals surface area contributed by atoms with E-state index in [4.69, 9.17) is 5.26 Å². The fourth-order valence-electron chi connectivity index (χ4n) is 2.41. The Morgan fingerprint density at radius 3 is 2.67 bits per heavy atom. The molecule has 1 aromatic carbocycles. The van der Waals surface area contributed by atoms with Crippen LogP contribution in [0.4, 0.5) is 5.69 Å². The lowest BCUT2D eigenvalue weighted by atomic mass is 9.85. The highest BCUT2D eigenvalue weighted by Gasteiger charge is 2.28. The molecular formula is C14H17BrN2O. The minimum atomic E-state index is -0.590. The lowest BCUT2D eigenvalue weighted by Crippen LogP contribution is -2.38. The van der Waals surface area contributed by atoms with E-state index in [9.17, 15) is 5.11 Å². The van der Waals surface area contributed by atoms with Gasteiger partial charge in [-0.25, -0.2) is 0 Å². The molecule has 0 heterocycles. The van der Waals surface area contributed by atoms with Crippen molar-refractivity contribution < 1.29 is 5.11 Å². The van der Waals surface area contributed by atoms with Crippen LogP contribution in [0.2, 0.25) is 0 Å². The summed E-state index contributed by atoms with van der Waals surface area (Å²) in [4.78, 5) is 0. The van der Waals surface area contributed by atoms with E-state index in [0.29, 0.717) is 12.1 Å². The van der Waals surface area contributed by atoms with E-state index in [2.05, 4.69) is 27.3 Å². The van der Waals surface area contributed by atoms with E-state index >= 15 is 0 Å². The minimum absolute atomic E-state index is 0.550. The van der Waals surface area contributed by atoms with Crippen molar-refractivity contribution in [3.8, 4) is 6.07 Å². The van der Waals surface area contributed by atoms with Crippen LogP contribution in [0, 0.1) is 11.3 Å². The van der Waals surface area contributed by atoms with Crippen LogP contribution in [-0.4, -0.2) is 17.3 Å². The first kappa shape index (κ1) is 13.4. The van der Waals surface area contributed by atoms with Crippen LogP contribution >= 0.6 is 15.9 Å². The van der Waals surface area contributed by atoms with E-state index in [1.807, 2.05) is 6.07 Å². The quantitative estimate of drug-likeness (QED) is 0.899. The molecule has 1 aromatic rings. The normalized spacial score (nSPS) is 18.1. The molecule has 0 atom stereocenters. The van der Waals surface area contributed by atoms with Crippen molar-refractivity contribution in [3.63, 3.8) is 0 Å². The van der Waals surface area contributed by atoms with Crippen molar-refractivity contribution in [2.75, 3.05) is 11.9 Å². The Kier molecular flexibility index (Phi) is 4.26. The molecule has 0 bridgehead atoms. The number of aliphatic hydroxyl groups is 1. The highest BCUT2D eigenvalue weighted by Crippen LogP contribution is 2.28. The average molecular weight is 309 g/mol. The predicted molar refractivity (Wildman–Crippen MR) is 75.4 cm³/mol. The van der Waals surface area contributed by atoms with Crippen LogP contribution in [0.25, 0.3) is 0 Å². The Hall–Kier alpha value is -1.05. The summed E-state index contributed by atoms with van der Waals surface area (Å²) in [5, 5.41) is 22.5. The fourth-order valence-corrected chi connectivity index (χ4v) is 2.90. The van der Waals surface area contributed by atoms with Gasteiger partial charge in [0.2, 0.25) is 0 Å². The summed E-state index contributed by atoms with van der Waals surface area (Å²) in [7, 11) is 0. The van der Waals surface area contributed by atoms with Crippen LogP contribution in [0.5, 0.6) is 0 Å². The van der Waals surface area contributed by atoms with Crippen molar-refractivity contribution in [1.29, 1.82) is 5.26 Å². The van der Waals surface area contributed by atoms with E-state index < -0.39 is 5.60 Å². The second kappa shape index (κ2) is 5.73. The number of benzene rings is 1. The van der Waals surface area contributed by atoms with Gasteiger partial charge in [-0.2, -0.15) is 5.26 Å². The summed E-state index contributed by atoms with van der Waals surface area (Å²) in [6.45, 7) is 0.550. The molecule has 0 unspecified atom stereocenters. The predicted octanol–water partition coefficient (Wildman–Crippen LogP) is 3.43. The molecule has 0 amide bonds. The Bertz CT molecular complexity index is 461. The maximum absolute atomic E-state index is 10.4. The van der Waals surface area contributed by atoms with Gasteiger partial charge in [0.25, 0.3) is 0 Å². The third-order valence-corrected chi connectivity index (χ3v) is 3.89. The second-order valence-corrected chi connectivity index (χ2v) is 5.89. The third kappa shape index (κ3) is 3.47. The standard InChI is InChI=1S/C14H17BrN2O/c15-12-6-11(9-16)7-13(8-12)17-10-14(18)4-2-1-3-5-14/h6-8,17-18H,1-5,10H2. The zero-order valence-corrected chi connectivity index (χ0v) is 11.8. The lowest BCUT2D eigenvalue weighted by Gasteiger charge is -2.32. The molecule has 1 aliphatic carbocycles. The molecule has 1 saturated carbocycles. The van der Waals surface area contributed by atoms with Gasteiger partial charge in [0, 0.05) is 16.7 Å². The molecule has 96 valence electrons. The Balaban J connectivity index is 2.01. The molecular weight excluding hydrogens is 292 g/mol. The monoisotopic (exact) mass is 308 g/mol. The Morgan fingerprint density at radius 1 is 1.28 bits per heavy atom. The fraction of sp³-hybridized carbons (Fsp3) is 0.500. The number of nitriles is 1. The van der Waals surface area contributed by atoms with E-state index in [1.54, 1.807) is 12.1 Å². The van der Waals surface area contributed by atoms with Crippen molar-refractivity contribution >= 4 is 21.6 Å². The first-order valence-corrected chi connectivity index (χ1v) is 7.08. The molecule has 0 aromatic heterocycles. The van der Waals surface area contributed by atoms with Crippen LogP contribution in [0.15, 0.2) is 22.7 Å².